The van der Waals surface area contributed by atoms with Gasteiger partial charge in [0.1, 0.15) is 5.75 Å². The number of methoxy groups -OCH3 is 1. The summed E-state index contributed by atoms with van der Waals surface area (Å²) in [6, 6.07) is 11.6. The van der Waals surface area contributed by atoms with Gasteiger partial charge in [0, 0.05) is 27.5 Å². The van der Waals surface area contributed by atoms with Gasteiger partial charge in [-0.1, -0.05) is 17.7 Å². The summed E-state index contributed by atoms with van der Waals surface area (Å²) in [7, 11) is 1.55. The standard InChI is InChI=1S/C19H19ClN2O4S/c1-12(23)13-6-7-17(26-2)15(8-13)10-27-11-18(24)21-22-19(25)14-4-3-5-16(20)9-14/h3-9H,10-11H2,1-2H3,(H,21,24)(H,22,25). The molecular formula is C19H19ClN2O4S. The number of hydrogen-bond acceptors (Lipinski definition) is 5. The minimum atomic E-state index is -0.452. The van der Waals surface area contributed by atoms with Crippen molar-refractivity contribution in [2.45, 2.75) is 12.7 Å². The van der Waals surface area contributed by atoms with Gasteiger partial charge in [-0.2, -0.15) is 0 Å². The normalized spacial score (nSPS) is 10.2. The molecule has 0 saturated carbocycles. The van der Waals surface area contributed by atoms with E-state index < -0.39 is 5.91 Å². The summed E-state index contributed by atoms with van der Waals surface area (Å²) < 4.78 is 5.28. The Balaban J connectivity index is 1.83. The van der Waals surface area contributed by atoms with E-state index in [2.05, 4.69) is 10.9 Å². The molecule has 0 unspecified atom stereocenters. The highest BCUT2D eigenvalue weighted by Gasteiger charge is 2.10. The minimum absolute atomic E-state index is 0.0367. The van der Waals surface area contributed by atoms with Crippen LogP contribution in [0.4, 0.5) is 0 Å². The van der Waals surface area contributed by atoms with E-state index in [1.807, 2.05) is 0 Å². The second kappa shape index (κ2) is 9.99. The van der Waals surface area contributed by atoms with E-state index in [1.54, 1.807) is 43.5 Å². The maximum absolute atomic E-state index is 11.9. The third-order valence-electron chi connectivity index (χ3n) is 3.58. The molecule has 2 rings (SSSR count). The summed E-state index contributed by atoms with van der Waals surface area (Å²) >= 11 is 7.17. The lowest BCUT2D eigenvalue weighted by molar-refractivity contribution is -0.119. The van der Waals surface area contributed by atoms with Crippen molar-refractivity contribution in [3.63, 3.8) is 0 Å². The van der Waals surface area contributed by atoms with Gasteiger partial charge in [0.2, 0.25) is 5.91 Å². The average Bonchev–Trinajstić information content (AvgIpc) is 2.65. The Morgan fingerprint density at radius 3 is 2.52 bits per heavy atom. The Morgan fingerprint density at radius 1 is 1.07 bits per heavy atom. The van der Waals surface area contributed by atoms with E-state index in [1.165, 1.54) is 24.8 Å². The smallest absolute Gasteiger partial charge is 0.269 e. The monoisotopic (exact) mass is 406 g/mol. The number of thioether (sulfide) groups is 1. The number of hydrazine groups is 1. The second-order valence-electron chi connectivity index (χ2n) is 5.59. The number of ether oxygens (including phenoxy) is 1. The van der Waals surface area contributed by atoms with E-state index in [9.17, 15) is 14.4 Å². The van der Waals surface area contributed by atoms with Crippen LogP contribution in [-0.2, 0) is 10.5 Å². The van der Waals surface area contributed by atoms with Gasteiger partial charge in [0.15, 0.2) is 5.78 Å². The molecule has 2 aromatic carbocycles. The van der Waals surface area contributed by atoms with Gasteiger partial charge in [-0.15, -0.1) is 11.8 Å². The summed E-state index contributed by atoms with van der Waals surface area (Å²) in [4.78, 5) is 35.4. The fourth-order valence-electron chi connectivity index (χ4n) is 2.23. The maximum atomic E-state index is 11.9. The number of benzene rings is 2. The predicted molar refractivity (Wildman–Crippen MR) is 106 cm³/mol. The van der Waals surface area contributed by atoms with Crippen LogP contribution in [0.3, 0.4) is 0 Å². The highest BCUT2D eigenvalue weighted by Crippen LogP contribution is 2.24. The number of amides is 2. The Kier molecular flexibility index (Phi) is 7.69. The van der Waals surface area contributed by atoms with Gasteiger partial charge in [-0.25, -0.2) is 0 Å². The fourth-order valence-corrected chi connectivity index (χ4v) is 3.22. The van der Waals surface area contributed by atoms with Crippen molar-refractivity contribution in [1.29, 1.82) is 0 Å². The van der Waals surface area contributed by atoms with E-state index in [0.717, 1.165) is 5.56 Å². The number of carbonyl (C=O) groups excluding carboxylic acids is 3. The highest BCUT2D eigenvalue weighted by atomic mass is 35.5. The van der Waals surface area contributed by atoms with Crippen LogP contribution >= 0.6 is 23.4 Å². The number of Topliss-reactive ketones (excluding diaryl/α,β-unsaturated/α-hetero) is 1. The first-order chi connectivity index (χ1) is 12.9. The Labute approximate surface area is 166 Å². The van der Waals surface area contributed by atoms with Crippen molar-refractivity contribution < 1.29 is 19.1 Å². The summed E-state index contributed by atoms with van der Waals surface area (Å²) in [6.45, 7) is 1.49. The highest BCUT2D eigenvalue weighted by molar-refractivity contribution is 7.99. The van der Waals surface area contributed by atoms with Crippen molar-refractivity contribution in [1.82, 2.24) is 10.9 Å². The zero-order chi connectivity index (χ0) is 19.8. The summed E-state index contributed by atoms with van der Waals surface area (Å²) in [6.07, 6.45) is 0. The molecule has 0 aliphatic rings. The van der Waals surface area contributed by atoms with E-state index in [-0.39, 0.29) is 17.4 Å². The minimum Gasteiger partial charge on any atom is -0.496 e. The molecule has 2 N–H and O–H groups in total. The molecule has 8 heteroatoms. The molecule has 0 spiro atoms. The van der Waals surface area contributed by atoms with E-state index in [4.69, 9.17) is 16.3 Å². The van der Waals surface area contributed by atoms with Crippen molar-refractivity contribution >= 4 is 41.0 Å². The average molecular weight is 407 g/mol. The van der Waals surface area contributed by atoms with Crippen LogP contribution in [0.15, 0.2) is 42.5 Å². The molecule has 142 valence electrons. The van der Waals surface area contributed by atoms with Gasteiger partial charge in [0.25, 0.3) is 5.91 Å². The summed E-state index contributed by atoms with van der Waals surface area (Å²) in [5.41, 5.74) is 6.46. The molecule has 2 aromatic rings. The number of carbonyl (C=O) groups is 3. The SMILES string of the molecule is COc1ccc(C(C)=O)cc1CSCC(=O)NNC(=O)c1cccc(Cl)c1. The molecule has 0 radical (unpaired) electrons. The molecule has 2 amide bonds. The maximum Gasteiger partial charge on any atom is 0.269 e. The van der Waals surface area contributed by atoms with Crippen LogP contribution in [-0.4, -0.2) is 30.5 Å². The van der Waals surface area contributed by atoms with Crippen molar-refractivity contribution in [3.05, 3.63) is 64.2 Å². The number of rotatable bonds is 7. The van der Waals surface area contributed by atoms with Crippen LogP contribution in [0, 0.1) is 0 Å². The lowest BCUT2D eigenvalue weighted by Crippen LogP contribution is -2.42. The molecule has 6 nitrogen and oxygen atoms in total. The molecule has 0 atom stereocenters. The molecule has 0 aliphatic carbocycles. The largest absolute Gasteiger partial charge is 0.496 e. The van der Waals surface area contributed by atoms with Gasteiger partial charge in [-0.05, 0) is 43.3 Å². The molecule has 0 fully saturated rings. The second-order valence-corrected chi connectivity index (χ2v) is 7.01. The van der Waals surface area contributed by atoms with Crippen molar-refractivity contribution in [2.75, 3.05) is 12.9 Å². The zero-order valence-corrected chi connectivity index (χ0v) is 16.4. The lowest BCUT2D eigenvalue weighted by Gasteiger charge is -2.10. The van der Waals surface area contributed by atoms with Crippen LogP contribution in [0.1, 0.15) is 33.2 Å². The van der Waals surface area contributed by atoms with Crippen LogP contribution in [0.25, 0.3) is 0 Å². The first kappa shape index (κ1) is 20.8. The van der Waals surface area contributed by atoms with Crippen LogP contribution in [0.2, 0.25) is 5.02 Å². The molecule has 0 aromatic heterocycles. The van der Waals surface area contributed by atoms with E-state index in [0.29, 0.717) is 27.7 Å². The van der Waals surface area contributed by atoms with Gasteiger partial charge >= 0.3 is 0 Å². The molecule has 0 aliphatic heterocycles. The van der Waals surface area contributed by atoms with Crippen molar-refractivity contribution in [3.8, 4) is 5.75 Å². The third kappa shape index (κ3) is 6.30. The first-order valence-electron chi connectivity index (χ1n) is 8.01. The number of hydrogen-bond donors (Lipinski definition) is 2. The third-order valence-corrected chi connectivity index (χ3v) is 4.80. The van der Waals surface area contributed by atoms with Crippen LogP contribution < -0.4 is 15.6 Å². The van der Waals surface area contributed by atoms with Crippen LogP contribution in [0.5, 0.6) is 5.75 Å². The summed E-state index contributed by atoms with van der Waals surface area (Å²) in [5, 5.41) is 0.436. The number of halogens is 1. The zero-order valence-electron chi connectivity index (χ0n) is 14.9. The molecule has 0 saturated heterocycles. The Morgan fingerprint density at radius 2 is 1.85 bits per heavy atom. The van der Waals surface area contributed by atoms with Gasteiger partial charge in [-0.3, -0.25) is 25.2 Å². The van der Waals surface area contributed by atoms with Gasteiger partial charge in [0.05, 0.1) is 12.9 Å². The Hall–Kier alpha value is -2.51. The first-order valence-corrected chi connectivity index (χ1v) is 9.54. The van der Waals surface area contributed by atoms with E-state index >= 15 is 0 Å². The number of nitrogens with one attached hydrogen (secondary N) is 2. The van der Waals surface area contributed by atoms with Crippen molar-refractivity contribution in [2.24, 2.45) is 0 Å². The fraction of sp³-hybridized carbons (Fsp3) is 0.211. The number of ketones is 1. The molecule has 27 heavy (non-hydrogen) atoms. The molecule has 0 bridgehead atoms. The predicted octanol–water partition coefficient (Wildman–Crippen LogP) is 3.25. The summed E-state index contributed by atoms with van der Waals surface area (Å²) in [5.74, 6) is 0.430. The van der Waals surface area contributed by atoms with Gasteiger partial charge < -0.3 is 4.74 Å². The molecular weight excluding hydrogens is 388 g/mol. The Bertz CT molecular complexity index is 857. The quantitative estimate of drug-likeness (QED) is 0.544. The topological polar surface area (TPSA) is 84.5 Å². The lowest BCUT2D eigenvalue weighted by atomic mass is 10.1. The molecule has 0 heterocycles.